The smallest absolute Gasteiger partial charge is 0.253 e. The highest BCUT2D eigenvalue weighted by Crippen LogP contribution is 1.86. The molecule has 0 bridgehead atoms. The summed E-state index contributed by atoms with van der Waals surface area (Å²) in [5.41, 5.74) is 0. The van der Waals surface area contributed by atoms with Gasteiger partial charge in [-0.25, -0.2) is 0 Å². The monoisotopic (exact) mass is 133 g/mol. The van der Waals surface area contributed by atoms with Crippen LogP contribution in [-0.2, 0) is 4.79 Å². The van der Waals surface area contributed by atoms with Crippen LogP contribution in [0.25, 0.3) is 0 Å². The van der Waals surface area contributed by atoms with E-state index in [1.807, 2.05) is 0 Å². The van der Waals surface area contributed by atoms with Crippen LogP contribution in [0, 0.1) is 0 Å². The molecule has 0 rings (SSSR count). The van der Waals surface area contributed by atoms with Crippen molar-refractivity contribution in [1.29, 1.82) is 0 Å². The summed E-state index contributed by atoms with van der Waals surface area (Å²) in [6.45, 7) is -0.517. The Morgan fingerprint density at radius 3 is 2.22 bits per heavy atom. The summed E-state index contributed by atoms with van der Waals surface area (Å²) in [6.07, 6.45) is -1.26. The number of amides is 1. The fourth-order valence-electron chi connectivity index (χ4n) is 0.376. The van der Waals surface area contributed by atoms with Crippen LogP contribution < -0.4 is 0 Å². The molecule has 0 aliphatic carbocycles. The third-order valence-corrected chi connectivity index (χ3v) is 0.899. The number of likely N-dealkylation sites (N-methyl/N-ethyl adjacent to an activating group) is 1. The SMILES string of the molecule is CN(C)C(=O)[C@H](O)CO. The fraction of sp³-hybridized carbons (Fsp3) is 0.800. The number of rotatable bonds is 2. The number of hydrogen-bond acceptors (Lipinski definition) is 3. The Kier molecular flexibility index (Phi) is 3.19. The Balaban J connectivity index is 3.73. The molecule has 0 aliphatic rings. The summed E-state index contributed by atoms with van der Waals surface area (Å²) in [5.74, 6) is -0.475. The maximum atomic E-state index is 10.6. The standard InChI is InChI=1S/C5H11NO3/c1-6(2)5(9)4(8)3-7/h4,7-8H,3H2,1-2H3/t4-/m1/s1. The number of carbonyl (C=O) groups excluding carboxylic acids is 1. The van der Waals surface area contributed by atoms with Crippen LogP contribution >= 0.6 is 0 Å². The van der Waals surface area contributed by atoms with E-state index < -0.39 is 18.6 Å². The Hall–Kier alpha value is -0.610. The zero-order valence-electron chi connectivity index (χ0n) is 5.53. The van der Waals surface area contributed by atoms with Crippen molar-refractivity contribution in [3.05, 3.63) is 0 Å². The molecule has 4 nitrogen and oxygen atoms in total. The maximum absolute atomic E-state index is 10.6. The first kappa shape index (κ1) is 8.39. The van der Waals surface area contributed by atoms with Gasteiger partial charge >= 0.3 is 0 Å². The Labute approximate surface area is 53.7 Å². The Morgan fingerprint density at radius 2 is 2.11 bits per heavy atom. The molecule has 1 amide bonds. The van der Waals surface area contributed by atoms with Crippen molar-refractivity contribution in [2.24, 2.45) is 0 Å². The van der Waals surface area contributed by atoms with E-state index in [0.717, 1.165) is 0 Å². The van der Waals surface area contributed by atoms with Gasteiger partial charge in [0.15, 0.2) is 6.10 Å². The van der Waals surface area contributed by atoms with Gasteiger partial charge in [-0.1, -0.05) is 0 Å². The quantitative estimate of drug-likeness (QED) is 0.478. The summed E-state index contributed by atoms with van der Waals surface area (Å²) in [6, 6.07) is 0. The number of aliphatic hydroxyl groups excluding tert-OH is 2. The van der Waals surface area contributed by atoms with E-state index in [-0.39, 0.29) is 0 Å². The van der Waals surface area contributed by atoms with Crippen molar-refractivity contribution >= 4 is 5.91 Å². The number of hydrogen-bond donors (Lipinski definition) is 2. The van der Waals surface area contributed by atoms with Crippen LogP contribution in [-0.4, -0.2) is 47.8 Å². The molecular weight excluding hydrogens is 122 g/mol. The summed E-state index contributed by atoms with van der Waals surface area (Å²) in [7, 11) is 3.03. The molecule has 0 aromatic rings. The van der Waals surface area contributed by atoms with Crippen LogP contribution in [0.3, 0.4) is 0 Å². The maximum Gasteiger partial charge on any atom is 0.253 e. The molecule has 4 heteroatoms. The lowest BCUT2D eigenvalue weighted by atomic mass is 10.3. The van der Waals surface area contributed by atoms with Crippen molar-refractivity contribution in [3.8, 4) is 0 Å². The molecule has 0 fully saturated rings. The first-order chi connectivity index (χ1) is 4.09. The zero-order chi connectivity index (χ0) is 7.44. The third kappa shape index (κ3) is 2.43. The molecule has 0 spiro atoms. The molecule has 0 unspecified atom stereocenters. The lowest BCUT2D eigenvalue weighted by molar-refractivity contribution is -0.139. The predicted molar refractivity (Wildman–Crippen MR) is 31.8 cm³/mol. The molecule has 0 aliphatic heterocycles. The van der Waals surface area contributed by atoms with Gasteiger partial charge in [0.2, 0.25) is 0 Å². The van der Waals surface area contributed by atoms with Crippen molar-refractivity contribution in [1.82, 2.24) is 4.90 Å². The minimum Gasteiger partial charge on any atom is -0.393 e. The van der Waals surface area contributed by atoms with Crippen LogP contribution in [0.5, 0.6) is 0 Å². The zero-order valence-corrected chi connectivity index (χ0v) is 5.53. The van der Waals surface area contributed by atoms with E-state index in [9.17, 15) is 4.79 Å². The molecule has 0 radical (unpaired) electrons. The lowest BCUT2D eigenvalue weighted by Crippen LogP contribution is -2.35. The van der Waals surface area contributed by atoms with E-state index in [0.29, 0.717) is 0 Å². The van der Waals surface area contributed by atoms with Gasteiger partial charge in [-0.15, -0.1) is 0 Å². The number of nitrogens with zero attached hydrogens (tertiary/aromatic N) is 1. The van der Waals surface area contributed by atoms with Crippen molar-refractivity contribution in [2.45, 2.75) is 6.10 Å². The minimum absolute atomic E-state index is 0.475. The molecular formula is C5H11NO3. The molecule has 0 saturated carbocycles. The van der Waals surface area contributed by atoms with Crippen LogP contribution in [0.15, 0.2) is 0 Å². The lowest BCUT2D eigenvalue weighted by Gasteiger charge is -2.12. The third-order valence-electron chi connectivity index (χ3n) is 0.899. The first-order valence-corrected chi connectivity index (χ1v) is 2.59. The molecule has 0 heterocycles. The molecule has 2 N–H and O–H groups in total. The molecule has 9 heavy (non-hydrogen) atoms. The van der Waals surface area contributed by atoms with E-state index in [2.05, 4.69) is 0 Å². The fourth-order valence-corrected chi connectivity index (χ4v) is 0.376. The second kappa shape index (κ2) is 3.42. The number of aliphatic hydroxyl groups is 2. The summed E-state index contributed by atoms with van der Waals surface area (Å²) in [4.78, 5) is 11.8. The van der Waals surface area contributed by atoms with Crippen molar-refractivity contribution in [3.63, 3.8) is 0 Å². The molecule has 0 saturated heterocycles. The van der Waals surface area contributed by atoms with E-state index in [1.54, 1.807) is 0 Å². The van der Waals surface area contributed by atoms with E-state index in [4.69, 9.17) is 10.2 Å². The second-order valence-electron chi connectivity index (χ2n) is 1.93. The first-order valence-electron chi connectivity index (χ1n) is 2.59. The van der Waals surface area contributed by atoms with Crippen LogP contribution in [0.2, 0.25) is 0 Å². The molecule has 1 atom stereocenters. The van der Waals surface area contributed by atoms with Gasteiger partial charge in [-0.05, 0) is 0 Å². The van der Waals surface area contributed by atoms with E-state index >= 15 is 0 Å². The minimum atomic E-state index is -1.26. The Morgan fingerprint density at radius 1 is 1.67 bits per heavy atom. The van der Waals surface area contributed by atoms with Crippen molar-refractivity contribution in [2.75, 3.05) is 20.7 Å². The summed E-state index contributed by atoms with van der Waals surface area (Å²) >= 11 is 0. The van der Waals surface area contributed by atoms with Gasteiger partial charge in [0.05, 0.1) is 6.61 Å². The molecule has 0 aromatic carbocycles. The van der Waals surface area contributed by atoms with E-state index in [1.165, 1.54) is 19.0 Å². The van der Waals surface area contributed by atoms with Gasteiger partial charge in [-0.3, -0.25) is 4.79 Å². The van der Waals surface area contributed by atoms with Crippen molar-refractivity contribution < 1.29 is 15.0 Å². The molecule has 0 aromatic heterocycles. The van der Waals surface area contributed by atoms with Crippen LogP contribution in [0.4, 0.5) is 0 Å². The number of carbonyl (C=O) groups is 1. The highest BCUT2D eigenvalue weighted by atomic mass is 16.3. The largest absolute Gasteiger partial charge is 0.393 e. The average Bonchev–Trinajstić information content (AvgIpc) is 1.84. The molecule has 54 valence electrons. The predicted octanol–water partition coefficient (Wildman–Crippen LogP) is -1.57. The van der Waals surface area contributed by atoms with Gasteiger partial charge in [0, 0.05) is 14.1 Å². The topological polar surface area (TPSA) is 60.8 Å². The van der Waals surface area contributed by atoms with Gasteiger partial charge in [0.25, 0.3) is 5.91 Å². The summed E-state index contributed by atoms with van der Waals surface area (Å²) < 4.78 is 0. The highest BCUT2D eigenvalue weighted by Gasteiger charge is 2.14. The van der Waals surface area contributed by atoms with Gasteiger partial charge in [0.1, 0.15) is 0 Å². The van der Waals surface area contributed by atoms with Gasteiger partial charge < -0.3 is 15.1 Å². The highest BCUT2D eigenvalue weighted by molar-refractivity contribution is 5.80. The normalized spacial score (nSPS) is 12.9. The summed E-state index contributed by atoms with van der Waals surface area (Å²) in [5, 5.41) is 16.9. The van der Waals surface area contributed by atoms with Gasteiger partial charge in [-0.2, -0.15) is 0 Å². The Bertz CT molecular complexity index is 102. The second-order valence-corrected chi connectivity index (χ2v) is 1.93. The van der Waals surface area contributed by atoms with Crippen LogP contribution in [0.1, 0.15) is 0 Å². The average molecular weight is 133 g/mol.